The molecule has 29 heavy (non-hydrogen) atoms. The number of ether oxygens (including phenoxy) is 4. The smallest absolute Gasteiger partial charge is 0.338 e. The lowest BCUT2D eigenvalue weighted by Crippen LogP contribution is -2.12. The maximum atomic E-state index is 11.7. The van der Waals surface area contributed by atoms with Gasteiger partial charge in [-0.15, -0.1) is 0 Å². The average Bonchev–Trinajstić information content (AvgIpc) is 2.75. The van der Waals surface area contributed by atoms with Crippen LogP contribution >= 0.6 is 11.6 Å². The molecule has 0 aliphatic carbocycles. The summed E-state index contributed by atoms with van der Waals surface area (Å²) in [7, 11) is 2.40. The normalized spacial score (nSPS) is 10.0. The molecule has 0 spiro atoms. The van der Waals surface area contributed by atoms with Gasteiger partial charge in [0.1, 0.15) is 24.7 Å². The Balaban J connectivity index is 2.04. The van der Waals surface area contributed by atoms with Gasteiger partial charge in [-0.1, -0.05) is 11.6 Å². The van der Waals surface area contributed by atoms with Crippen molar-refractivity contribution in [3.05, 3.63) is 57.6 Å². The Kier molecular flexibility index (Phi) is 7.73. The van der Waals surface area contributed by atoms with E-state index in [0.29, 0.717) is 18.3 Å². The molecule has 0 saturated carbocycles. The summed E-state index contributed by atoms with van der Waals surface area (Å²) in [6.45, 7) is 0.130. The highest BCUT2D eigenvalue weighted by Gasteiger charge is 2.16. The van der Waals surface area contributed by atoms with Gasteiger partial charge in [-0.3, -0.25) is 9.59 Å². The fourth-order valence-electron chi connectivity index (χ4n) is 2.39. The van der Waals surface area contributed by atoms with Crippen molar-refractivity contribution in [2.24, 2.45) is 0 Å². The van der Waals surface area contributed by atoms with E-state index >= 15 is 0 Å². The second-order valence-corrected chi connectivity index (χ2v) is 5.94. The fraction of sp³-hybridized carbons (Fsp3) is 0.200. The van der Waals surface area contributed by atoms with Crippen LogP contribution in [0.1, 0.15) is 41.4 Å². The van der Waals surface area contributed by atoms with Crippen LogP contribution in [0.25, 0.3) is 0 Å². The third-order valence-electron chi connectivity index (χ3n) is 3.80. The summed E-state index contributed by atoms with van der Waals surface area (Å²) in [5.41, 5.74) is 0.364. The number of esters is 2. The average molecular weight is 421 g/mol. The van der Waals surface area contributed by atoms with E-state index in [1.54, 1.807) is 0 Å². The standard InChI is InChI=1S/C20H17ClO8/c1-26-19(24)15-8-14(4-3-12(15)10-22)28-5-6-29-18-7-13(11-23)16(9-17(18)21)20(25)27-2/h3-4,7-11H,5-6H2,1-2H3. The van der Waals surface area contributed by atoms with Crippen molar-refractivity contribution in [3.63, 3.8) is 0 Å². The highest BCUT2D eigenvalue weighted by atomic mass is 35.5. The molecular weight excluding hydrogens is 404 g/mol. The summed E-state index contributed by atoms with van der Waals surface area (Å²) in [4.78, 5) is 45.6. The summed E-state index contributed by atoms with van der Waals surface area (Å²) in [5, 5.41) is 0.124. The van der Waals surface area contributed by atoms with Crippen molar-refractivity contribution in [1.29, 1.82) is 0 Å². The van der Waals surface area contributed by atoms with E-state index in [1.165, 1.54) is 44.6 Å². The molecule has 0 heterocycles. The number of aldehydes is 2. The molecule has 0 amide bonds. The van der Waals surface area contributed by atoms with E-state index < -0.39 is 11.9 Å². The van der Waals surface area contributed by atoms with Crippen molar-refractivity contribution in [2.75, 3.05) is 27.4 Å². The molecule has 0 fully saturated rings. The minimum Gasteiger partial charge on any atom is -0.490 e. The first-order valence-corrected chi connectivity index (χ1v) is 8.63. The van der Waals surface area contributed by atoms with Gasteiger partial charge < -0.3 is 18.9 Å². The number of halogens is 1. The number of carbonyl (C=O) groups excluding carboxylic acids is 4. The molecule has 0 unspecified atom stereocenters. The van der Waals surface area contributed by atoms with Crippen molar-refractivity contribution < 1.29 is 38.1 Å². The number of rotatable bonds is 9. The van der Waals surface area contributed by atoms with Crippen LogP contribution in [0, 0.1) is 0 Å². The molecular formula is C20H17ClO8. The topological polar surface area (TPSA) is 105 Å². The first kappa shape index (κ1) is 21.9. The Morgan fingerprint density at radius 1 is 0.862 bits per heavy atom. The first-order chi connectivity index (χ1) is 13.9. The number of carbonyl (C=O) groups is 4. The Hall–Kier alpha value is -3.39. The molecule has 2 aromatic carbocycles. The Morgan fingerprint density at radius 3 is 2.03 bits per heavy atom. The van der Waals surface area contributed by atoms with Crippen LogP contribution in [0.4, 0.5) is 0 Å². The zero-order valence-electron chi connectivity index (χ0n) is 15.6. The summed E-state index contributed by atoms with van der Waals surface area (Å²) in [6.07, 6.45) is 1.04. The van der Waals surface area contributed by atoms with Gasteiger partial charge in [0, 0.05) is 11.1 Å². The van der Waals surface area contributed by atoms with Crippen molar-refractivity contribution in [3.8, 4) is 11.5 Å². The zero-order chi connectivity index (χ0) is 21.4. The van der Waals surface area contributed by atoms with E-state index in [2.05, 4.69) is 9.47 Å². The van der Waals surface area contributed by atoms with Gasteiger partial charge in [0.15, 0.2) is 12.6 Å². The Bertz CT molecular complexity index is 938. The predicted molar refractivity (Wildman–Crippen MR) is 102 cm³/mol. The SMILES string of the molecule is COC(=O)c1cc(OCCOc2cc(C=O)c(C(=O)OC)cc2Cl)ccc1C=O. The van der Waals surface area contributed by atoms with Gasteiger partial charge in [0.2, 0.25) is 0 Å². The number of hydrogen-bond donors (Lipinski definition) is 0. The predicted octanol–water partition coefficient (Wildman–Crippen LogP) is 3.00. The highest BCUT2D eigenvalue weighted by Crippen LogP contribution is 2.28. The molecule has 0 atom stereocenters. The third kappa shape index (κ3) is 5.32. The van der Waals surface area contributed by atoms with Gasteiger partial charge in [0.05, 0.1) is 30.4 Å². The van der Waals surface area contributed by atoms with Crippen LogP contribution in [0.15, 0.2) is 30.3 Å². The van der Waals surface area contributed by atoms with Gasteiger partial charge in [-0.05, 0) is 30.3 Å². The fourth-order valence-corrected chi connectivity index (χ4v) is 2.61. The first-order valence-electron chi connectivity index (χ1n) is 8.25. The quantitative estimate of drug-likeness (QED) is 0.346. The third-order valence-corrected chi connectivity index (χ3v) is 4.10. The Labute approximate surface area is 171 Å². The van der Waals surface area contributed by atoms with Crippen LogP contribution < -0.4 is 9.47 Å². The molecule has 2 rings (SSSR count). The van der Waals surface area contributed by atoms with Crippen LogP contribution in [0.2, 0.25) is 5.02 Å². The molecule has 2 aromatic rings. The van der Waals surface area contributed by atoms with Crippen molar-refractivity contribution in [2.45, 2.75) is 0 Å². The summed E-state index contributed by atoms with van der Waals surface area (Å²) >= 11 is 6.09. The van der Waals surface area contributed by atoms with Gasteiger partial charge >= 0.3 is 11.9 Å². The van der Waals surface area contributed by atoms with Gasteiger partial charge in [0.25, 0.3) is 0 Å². The van der Waals surface area contributed by atoms with E-state index in [1.807, 2.05) is 0 Å². The van der Waals surface area contributed by atoms with Gasteiger partial charge in [-0.25, -0.2) is 9.59 Å². The molecule has 152 valence electrons. The lowest BCUT2D eigenvalue weighted by Gasteiger charge is -2.12. The van der Waals surface area contributed by atoms with E-state index in [0.717, 1.165) is 0 Å². The molecule has 0 N–H and O–H groups in total. The molecule has 0 saturated heterocycles. The monoisotopic (exact) mass is 420 g/mol. The molecule has 8 nitrogen and oxygen atoms in total. The molecule has 0 aromatic heterocycles. The minimum atomic E-state index is -0.691. The summed E-state index contributed by atoms with van der Waals surface area (Å²) in [5.74, 6) is -0.825. The van der Waals surface area contributed by atoms with Crippen molar-refractivity contribution >= 4 is 36.1 Å². The Morgan fingerprint density at radius 2 is 1.45 bits per heavy atom. The van der Waals surface area contributed by atoms with Crippen LogP contribution in [-0.2, 0) is 9.47 Å². The summed E-state index contributed by atoms with van der Waals surface area (Å²) < 4.78 is 20.2. The molecule has 0 aliphatic heterocycles. The summed E-state index contributed by atoms with van der Waals surface area (Å²) in [6, 6.07) is 6.97. The molecule has 0 bridgehead atoms. The van der Waals surface area contributed by atoms with Crippen LogP contribution in [-0.4, -0.2) is 51.9 Å². The number of methoxy groups -OCH3 is 2. The second kappa shape index (κ2) is 10.2. The lowest BCUT2D eigenvalue weighted by atomic mass is 10.1. The van der Waals surface area contributed by atoms with Crippen molar-refractivity contribution in [1.82, 2.24) is 0 Å². The second-order valence-electron chi connectivity index (χ2n) is 5.53. The molecule has 0 radical (unpaired) electrons. The van der Waals surface area contributed by atoms with Gasteiger partial charge in [-0.2, -0.15) is 0 Å². The lowest BCUT2D eigenvalue weighted by molar-refractivity contribution is 0.0590. The molecule has 9 heteroatoms. The van der Waals surface area contributed by atoms with Crippen LogP contribution in [0.3, 0.4) is 0 Å². The van der Waals surface area contributed by atoms with E-state index in [4.69, 9.17) is 21.1 Å². The largest absolute Gasteiger partial charge is 0.490 e. The van der Waals surface area contributed by atoms with Crippen LogP contribution in [0.5, 0.6) is 11.5 Å². The zero-order valence-corrected chi connectivity index (χ0v) is 16.4. The minimum absolute atomic E-state index is 0.0294. The van der Waals surface area contributed by atoms with E-state index in [9.17, 15) is 19.2 Å². The molecule has 0 aliphatic rings. The maximum Gasteiger partial charge on any atom is 0.338 e. The number of benzene rings is 2. The maximum absolute atomic E-state index is 11.7. The van der Waals surface area contributed by atoms with E-state index in [-0.39, 0.29) is 46.2 Å². The highest BCUT2D eigenvalue weighted by molar-refractivity contribution is 6.32. The number of hydrogen-bond acceptors (Lipinski definition) is 8.